The molecule has 0 saturated carbocycles. The zero-order valence-electron chi connectivity index (χ0n) is 6.92. The Morgan fingerprint density at radius 3 is 2.43 bits per heavy atom. The largest absolute Gasteiger partial charge is 0.481 e. The number of carboxylic acid groups (broad SMARTS) is 1. The number of carboxylic acids is 1. The smallest absolute Gasteiger partial charge is 0.303 e. The average Bonchev–Trinajstić information content (AvgIpc) is 2.41. The summed E-state index contributed by atoms with van der Waals surface area (Å²) in [5, 5.41) is 8.38. The van der Waals surface area contributed by atoms with Gasteiger partial charge in [-0.2, -0.15) is 0 Å². The van der Waals surface area contributed by atoms with Gasteiger partial charge in [0.15, 0.2) is 5.78 Å². The van der Waals surface area contributed by atoms with E-state index in [0.717, 1.165) is 11.3 Å². The second-order valence-corrected chi connectivity index (χ2v) is 4.84. The fourth-order valence-electron chi connectivity index (χ4n) is 0.886. The first-order valence-electron chi connectivity index (χ1n) is 3.70. The van der Waals surface area contributed by atoms with Gasteiger partial charge in [-0.25, -0.2) is 0 Å². The summed E-state index contributed by atoms with van der Waals surface area (Å²) in [5.41, 5.74) is 0.308. The molecule has 0 saturated heterocycles. The summed E-state index contributed by atoms with van der Waals surface area (Å²) in [6.07, 6.45) is -0.245. The van der Waals surface area contributed by atoms with Gasteiger partial charge in [0.05, 0.1) is 10.8 Å². The van der Waals surface area contributed by atoms with Crippen LogP contribution >= 0.6 is 34.5 Å². The number of ketones is 1. The highest BCUT2D eigenvalue weighted by Crippen LogP contribution is 2.31. The molecule has 1 aromatic heterocycles. The second-order valence-electron chi connectivity index (χ2n) is 2.55. The predicted molar refractivity (Wildman–Crippen MR) is 55.5 cm³/mol. The summed E-state index contributed by atoms with van der Waals surface area (Å²) in [7, 11) is 0. The van der Waals surface area contributed by atoms with Crippen molar-refractivity contribution in [1.82, 2.24) is 0 Å². The van der Waals surface area contributed by atoms with Gasteiger partial charge in [0.1, 0.15) is 4.34 Å². The van der Waals surface area contributed by atoms with Crippen LogP contribution in [0.2, 0.25) is 8.67 Å². The number of thiophene rings is 1. The molecule has 1 aromatic rings. The molecule has 3 nitrogen and oxygen atoms in total. The molecule has 1 heterocycles. The fourth-order valence-corrected chi connectivity index (χ4v) is 2.38. The Morgan fingerprint density at radius 1 is 1.36 bits per heavy atom. The Morgan fingerprint density at radius 2 is 2.00 bits per heavy atom. The van der Waals surface area contributed by atoms with E-state index in [1.165, 1.54) is 6.07 Å². The Labute approximate surface area is 94.3 Å². The van der Waals surface area contributed by atoms with Crippen LogP contribution in [0.25, 0.3) is 0 Å². The number of hydrogen-bond acceptors (Lipinski definition) is 3. The van der Waals surface area contributed by atoms with Crippen molar-refractivity contribution < 1.29 is 14.7 Å². The van der Waals surface area contributed by atoms with Crippen LogP contribution in [0.15, 0.2) is 6.07 Å². The number of rotatable bonds is 4. The standard InChI is InChI=1S/C8H6Cl2O3S/c9-6-3-4(8(10)14-6)5(11)1-2-7(12)13/h3H,1-2H2,(H,12,13). The highest BCUT2D eigenvalue weighted by atomic mass is 35.5. The zero-order chi connectivity index (χ0) is 10.7. The second kappa shape index (κ2) is 4.77. The number of halogens is 2. The van der Waals surface area contributed by atoms with E-state index in [4.69, 9.17) is 28.3 Å². The molecule has 76 valence electrons. The minimum atomic E-state index is -1.00. The first kappa shape index (κ1) is 11.5. The third-order valence-corrected chi connectivity index (χ3v) is 3.01. The van der Waals surface area contributed by atoms with Gasteiger partial charge in [-0.15, -0.1) is 11.3 Å². The highest BCUT2D eigenvalue weighted by molar-refractivity contribution is 7.20. The zero-order valence-corrected chi connectivity index (χ0v) is 9.25. The predicted octanol–water partition coefficient (Wildman–Crippen LogP) is 3.10. The highest BCUT2D eigenvalue weighted by Gasteiger charge is 2.14. The van der Waals surface area contributed by atoms with Crippen molar-refractivity contribution in [1.29, 1.82) is 0 Å². The number of carbonyl (C=O) groups excluding carboxylic acids is 1. The van der Waals surface area contributed by atoms with Crippen LogP contribution in [0.3, 0.4) is 0 Å². The van der Waals surface area contributed by atoms with Gasteiger partial charge in [0.2, 0.25) is 0 Å². The van der Waals surface area contributed by atoms with Crippen molar-refractivity contribution in [2.45, 2.75) is 12.8 Å². The fraction of sp³-hybridized carbons (Fsp3) is 0.250. The Balaban J connectivity index is 2.69. The molecule has 0 aromatic carbocycles. The molecule has 0 radical (unpaired) electrons. The maximum absolute atomic E-state index is 11.4. The van der Waals surface area contributed by atoms with E-state index >= 15 is 0 Å². The molecule has 14 heavy (non-hydrogen) atoms. The minimum absolute atomic E-state index is 0.0535. The Bertz CT molecular complexity index is 373. The van der Waals surface area contributed by atoms with Crippen molar-refractivity contribution in [3.05, 3.63) is 20.3 Å². The van der Waals surface area contributed by atoms with Gasteiger partial charge in [0, 0.05) is 12.0 Å². The molecule has 0 amide bonds. The van der Waals surface area contributed by atoms with Crippen LogP contribution < -0.4 is 0 Å². The van der Waals surface area contributed by atoms with Gasteiger partial charge in [0.25, 0.3) is 0 Å². The lowest BCUT2D eigenvalue weighted by molar-refractivity contribution is -0.136. The molecule has 1 N–H and O–H groups in total. The summed E-state index contributed by atoms with van der Waals surface area (Å²) in [4.78, 5) is 21.6. The molecule has 0 unspecified atom stereocenters. The Kier molecular flexibility index (Phi) is 3.92. The Hall–Kier alpha value is -0.580. The van der Waals surface area contributed by atoms with E-state index in [9.17, 15) is 9.59 Å². The maximum atomic E-state index is 11.4. The third kappa shape index (κ3) is 2.97. The van der Waals surface area contributed by atoms with Crippen LogP contribution in [-0.2, 0) is 4.79 Å². The number of hydrogen-bond donors (Lipinski definition) is 1. The van der Waals surface area contributed by atoms with Gasteiger partial charge < -0.3 is 5.11 Å². The molecule has 6 heteroatoms. The average molecular weight is 253 g/mol. The molecule has 0 fully saturated rings. The first-order valence-corrected chi connectivity index (χ1v) is 5.27. The summed E-state index contributed by atoms with van der Waals surface area (Å²) in [6, 6.07) is 1.46. The van der Waals surface area contributed by atoms with Gasteiger partial charge in [-0.05, 0) is 6.07 Å². The molecule has 0 aliphatic heterocycles. The van der Waals surface area contributed by atoms with Crippen LogP contribution in [0, 0.1) is 0 Å². The van der Waals surface area contributed by atoms with E-state index in [-0.39, 0.29) is 18.6 Å². The lowest BCUT2D eigenvalue weighted by Crippen LogP contribution is -2.02. The van der Waals surface area contributed by atoms with Crippen LogP contribution in [-0.4, -0.2) is 16.9 Å². The van der Waals surface area contributed by atoms with Gasteiger partial charge in [-0.1, -0.05) is 23.2 Å². The molecule has 0 atom stereocenters. The third-order valence-electron chi connectivity index (χ3n) is 1.52. The normalized spacial score (nSPS) is 10.1. The van der Waals surface area contributed by atoms with E-state index in [0.29, 0.717) is 14.2 Å². The van der Waals surface area contributed by atoms with E-state index in [2.05, 4.69) is 0 Å². The van der Waals surface area contributed by atoms with E-state index in [1.807, 2.05) is 0 Å². The maximum Gasteiger partial charge on any atom is 0.303 e. The monoisotopic (exact) mass is 252 g/mol. The van der Waals surface area contributed by atoms with Crippen LogP contribution in [0.4, 0.5) is 0 Å². The van der Waals surface area contributed by atoms with E-state index in [1.54, 1.807) is 0 Å². The molecule has 0 spiro atoms. The van der Waals surface area contributed by atoms with Crippen molar-refractivity contribution in [2.24, 2.45) is 0 Å². The lowest BCUT2D eigenvalue weighted by atomic mass is 10.1. The molecule has 0 bridgehead atoms. The number of carbonyl (C=O) groups is 2. The van der Waals surface area contributed by atoms with Crippen LogP contribution in [0.1, 0.15) is 23.2 Å². The lowest BCUT2D eigenvalue weighted by Gasteiger charge is -1.95. The molecule has 1 rings (SSSR count). The summed E-state index contributed by atoms with van der Waals surface area (Å²) in [5.74, 6) is -1.30. The van der Waals surface area contributed by atoms with Crippen LogP contribution in [0.5, 0.6) is 0 Å². The summed E-state index contributed by atoms with van der Waals surface area (Å²) < 4.78 is 0.735. The molecular formula is C8H6Cl2O3S. The molecule has 0 aliphatic carbocycles. The van der Waals surface area contributed by atoms with Gasteiger partial charge >= 0.3 is 5.97 Å². The quantitative estimate of drug-likeness (QED) is 0.839. The van der Waals surface area contributed by atoms with Gasteiger partial charge in [-0.3, -0.25) is 9.59 Å². The van der Waals surface area contributed by atoms with Crippen molar-refractivity contribution in [3.8, 4) is 0 Å². The van der Waals surface area contributed by atoms with Crippen molar-refractivity contribution in [3.63, 3.8) is 0 Å². The minimum Gasteiger partial charge on any atom is -0.481 e. The number of Topliss-reactive ketones (excluding diaryl/α,β-unsaturated/α-hetero) is 1. The SMILES string of the molecule is O=C(O)CCC(=O)c1cc(Cl)sc1Cl. The summed E-state index contributed by atoms with van der Waals surface area (Å²) in [6.45, 7) is 0. The first-order chi connectivity index (χ1) is 6.50. The number of aliphatic carboxylic acids is 1. The molecular weight excluding hydrogens is 247 g/mol. The van der Waals surface area contributed by atoms with E-state index < -0.39 is 5.97 Å². The summed E-state index contributed by atoms with van der Waals surface area (Å²) >= 11 is 12.5. The van der Waals surface area contributed by atoms with Crippen molar-refractivity contribution >= 4 is 46.3 Å². The molecule has 0 aliphatic rings. The topological polar surface area (TPSA) is 54.4 Å². The van der Waals surface area contributed by atoms with Crippen molar-refractivity contribution in [2.75, 3.05) is 0 Å².